The molecule has 0 heterocycles. The van der Waals surface area contributed by atoms with Crippen molar-refractivity contribution < 1.29 is 9.13 Å². The lowest BCUT2D eigenvalue weighted by Crippen LogP contribution is -2.02. The van der Waals surface area contributed by atoms with Crippen LogP contribution in [0, 0.1) is 12.7 Å². The fraction of sp³-hybridized carbons (Fsp3) is 0.200. The quantitative estimate of drug-likeness (QED) is 0.777. The maximum Gasteiger partial charge on any atom is 0.123 e. The highest BCUT2D eigenvalue weighted by Gasteiger charge is 2.01. The molecule has 0 spiro atoms. The Balaban J connectivity index is 1.90. The molecular formula is C15H15FO. The van der Waals surface area contributed by atoms with E-state index in [-0.39, 0.29) is 5.82 Å². The second-order valence-corrected chi connectivity index (χ2v) is 3.99. The molecule has 0 unspecified atom stereocenters. The first kappa shape index (κ1) is 11.6. The van der Waals surface area contributed by atoms with E-state index in [1.165, 1.54) is 17.7 Å². The van der Waals surface area contributed by atoms with Crippen LogP contribution in [0.25, 0.3) is 0 Å². The Labute approximate surface area is 101 Å². The van der Waals surface area contributed by atoms with E-state index in [0.29, 0.717) is 6.61 Å². The summed E-state index contributed by atoms with van der Waals surface area (Å²) in [6.45, 7) is 2.46. The van der Waals surface area contributed by atoms with Crippen molar-refractivity contribution in [2.24, 2.45) is 0 Å². The van der Waals surface area contributed by atoms with Crippen molar-refractivity contribution in [2.75, 3.05) is 6.61 Å². The Bertz CT molecular complexity index is 480. The first-order chi connectivity index (χ1) is 8.25. The second-order valence-electron chi connectivity index (χ2n) is 3.99. The Kier molecular flexibility index (Phi) is 3.76. The molecule has 0 aliphatic rings. The zero-order valence-electron chi connectivity index (χ0n) is 9.82. The highest BCUT2D eigenvalue weighted by molar-refractivity contribution is 5.32. The average Bonchev–Trinajstić information content (AvgIpc) is 2.33. The summed E-state index contributed by atoms with van der Waals surface area (Å²) in [5, 5.41) is 0. The van der Waals surface area contributed by atoms with E-state index >= 15 is 0 Å². The molecule has 0 fully saturated rings. The molecule has 0 aromatic heterocycles. The first-order valence-corrected chi connectivity index (χ1v) is 5.68. The number of hydrogen-bond acceptors (Lipinski definition) is 1. The van der Waals surface area contributed by atoms with Crippen LogP contribution in [0.5, 0.6) is 5.75 Å². The molecule has 0 saturated heterocycles. The SMILES string of the molecule is Cc1cc(F)ccc1OCCc1ccccc1. The highest BCUT2D eigenvalue weighted by atomic mass is 19.1. The summed E-state index contributed by atoms with van der Waals surface area (Å²) in [4.78, 5) is 0. The van der Waals surface area contributed by atoms with Crippen molar-refractivity contribution in [3.05, 3.63) is 65.5 Å². The maximum atomic E-state index is 12.9. The molecule has 1 nitrogen and oxygen atoms in total. The second kappa shape index (κ2) is 5.48. The highest BCUT2D eigenvalue weighted by Crippen LogP contribution is 2.18. The minimum Gasteiger partial charge on any atom is -0.493 e. The summed E-state index contributed by atoms with van der Waals surface area (Å²) in [7, 11) is 0. The Morgan fingerprint density at radius 2 is 1.82 bits per heavy atom. The van der Waals surface area contributed by atoms with Gasteiger partial charge in [-0.3, -0.25) is 0 Å². The van der Waals surface area contributed by atoms with Gasteiger partial charge in [0.25, 0.3) is 0 Å². The number of benzene rings is 2. The molecule has 0 N–H and O–H groups in total. The fourth-order valence-corrected chi connectivity index (χ4v) is 1.70. The van der Waals surface area contributed by atoms with Gasteiger partial charge in [-0.1, -0.05) is 30.3 Å². The van der Waals surface area contributed by atoms with Crippen LogP contribution in [0.2, 0.25) is 0 Å². The van der Waals surface area contributed by atoms with Gasteiger partial charge in [0.05, 0.1) is 6.61 Å². The van der Waals surface area contributed by atoms with Crippen LogP contribution >= 0.6 is 0 Å². The minimum atomic E-state index is -0.224. The van der Waals surface area contributed by atoms with Crippen molar-refractivity contribution in [2.45, 2.75) is 13.3 Å². The Morgan fingerprint density at radius 1 is 1.06 bits per heavy atom. The van der Waals surface area contributed by atoms with Gasteiger partial charge in [0.2, 0.25) is 0 Å². The van der Waals surface area contributed by atoms with Crippen LogP contribution in [0.4, 0.5) is 4.39 Å². The van der Waals surface area contributed by atoms with Crippen LogP contribution < -0.4 is 4.74 Å². The molecule has 0 saturated carbocycles. The predicted octanol–water partition coefficient (Wildman–Crippen LogP) is 3.76. The normalized spacial score (nSPS) is 10.2. The largest absolute Gasteiger partial charge is 0.493 e. The van der Waals surface area contributed by atoms with Gasteiger partial charge in [-0.05, 0) is 36.2 Å². The summed E-state index contributed by atoms with van der Waals surface area (Å²) < 4.78 is 18.5. The summed E-state index contributed by atoms with van der Waals surface area (Å²) in [5.41, 5.74) is 2.07. The Morgan fingerprint density at radius 3 is 2.53 bits per heavy atom. The van der Waals surface area contributed by atoms with Crippen molar-refractivity contribution in [3.63, 3.8) is 0 Å². The third kappa shape index (κ3) is 3.31. The molecule has 17 heavy (non-hydrogen) atoms. The van der Waals surface area contributed by atoms with Crippen LogP contribution in [-0.4, -0.2) is 6.61 Å². The van der Waals surface area contributed by atoms with Gasteiger partial charge >= 0.3 is 0 Å². The van der Waals surface area contributed by atoms with Crippen LogP contribution in [-0.2, 0) is 6.42 Å². The van der Waals surface area contributed by atoms with Crippen molar-refractivity contribution in [3.8, 4) is 5.75 Å². The topological polar surface area (TPSA) is 9.23 Å². The molecule has 0 amide bonds. The lowest BCUT2D eigenvalue weighted by Gasteiger charge is -2.08. The molecule has 0 radical (unpaired) electrons. The number of rotatable bonds is 4. The summed E-state index contributed by atoms with van der Waals surface area (Å²) in [6, 6.07) is 14.7. The molecule has 0 aliphatic heterocycles. The van der Waals surface area contributed by atoms with E-state index in [0.717, 1.165) is 17.7 Å². The van der Waals surface area contributed by atoms with Gasteiger partial charge in [0, 0.05) is 6.42 Å². The molecule has 0 aliphatic carbocycles. The molecule has 2 heteroatoms. The number of aryl methyl sites for hydroxylation is 1. The molecular weight excluding hydrogens is 215 g/mol. The van der Waals surface area contributed by atoms with Gasteiger partial charge < -0.3 is 4.74 Å². The smallest absolute Gasteiger partial charge is 0.123 e. The lowest BCUT2D eigenvalue weighted by molar-refractivity contribution is 0.319. The third-order valence-electron chi connectivity index (χ3n) is 2.63. The third-order valence-corrected chi connectivity index (χ3v) is 2.63. The monoisotopic (exact) mass is 230 g/mol. The standard InChI is InChI=1S/C15H15FO/c1-12-11-14(16)7-8-15(12)17-10-9-13-5-3-2-4-6-13/h2-8,11H,9-10H2,1H3. The van der Waals surface area contributed by atoms with E-state index in [1.54, 1.807) is 6.07 Å². The average molecular weight is 230 g/mol. The number of hydrogen-bond donors (Lipinski definition) is 0. The molecule has 2 aromatic rings. The predicted molar refractivity (Wildman–Crippen MR) is 66.8 cm³/mol. The summed E-state index contributed by atoms with van der Waals surface area (Å²) >= 11 is 0. The first-order valence-electron chi connectivity index (χ1n) is 5.68. The van der Waals surface area contributed by atoms with E-state index in [2.05, 4.69) is 12.1 Å². The summed E-state index contributed by atoms with van der Waals surface area (Å²) in [5.74, 6) is 0.528. The number of ether oxygens (including phenoxy) is 1. The number of halogens is 1. The molecule has 88 valence electrons. The van der Waals surface area contributed by atoms with E-state index in [4.69, 9.17) is 4.74 Å². The van der Waals surface area contributed by atoms with Crippen LogP contribution in [0.3, 0.4) is 0 Å². The zero-order chi connectivity index (χ0) is 12.1. The Hall–Kier alpha value is -1.83. The van der Waals surface area contributed by atoms with E-state index < -0.39 is 0 Å². The minimum absolute atomic E-state index is 0.224. The molecule has 0 bridgehead atoms. The van der Waals surface area contributed by atoms with Crippen molar-refractivity contribution >= 4 is 0 Å². The van der Waals surface area contributed by atoms with Crippen molar-refractivity contribution in [1.29, 1.82) is 0 Å². The van der Waals surface area contributed by atoms with E-state index in [1.807, 2.05) is 25.1 Å². The zero-order valence-corrected chi connectivity index (χ0v) is 9.82. The van der Waals surface area contributed by atoms with Gasteiger partial charge in [0.1, 0.15) is 11.6 Å². The lowest BCUT2D eigenvalue weighted by atomic mass is 10.2. The van der Waals surface area contributed by atoms with Crippen LogP contribution in [0.15, 0.2) is 48.5 Å². The van der Waals surface area contributed by atoms with Gasteiger partial charge in [0.15, 0.2) is 0 Å². The van der Waals surface area contributed by atoms with Gasteiger partial charge in [-0.2, -0.15) is 0 Å². The molecule has 2 rings (SSSR count). The molecule has 2 aromatic carbocycles. The summed E-state index contributed by atoms with van der Waals surface area (Å²) in [6.07, 6.45) is 0.859. The van der Waals surface area contributed by atoms with Crippen molar-refractivity contribution in [1.82, 2.24) is 0 Å². The maximum absolute atomic E-state index is 12.9. The van der Waals surface area contributed by atoms with Gasteiger partial charge in [-0.25, -0.2) is 4.39 Å². The van der Waals surface area contributed by atoms with E-state index in [9.17, 15) is 4.39 Å². The fourth-order valence-electron chi connectivity index (χ4n) is 1.70. The van der Waals surface area contributed by atoms with Crippen LogP contribution in [0.1, 0.15) is 11.1 Å². The molecule has 0 atom stereocenters. The van der Waals surface area contributed by atoms with Gasteiger partial charge in [-0.15, -0.1) is 0 Å².